The molecule has 26 heavy (non-hydrogen) atoms. The molecule has 5 unspecified atom stereocenters. The van der Waals surface area contributed by atoms with Gasteiger partial charge >= 0.3 is 0 Å². The summed E-state index contributed by atoms with van der Waals surface area (Å²) in [5.41, 5.74) is 0. The molecule has 148 valence electrons. The van der Waals surface area contributed by atoms with Crippen LogP contribution in [0.4, 0.5) is 0 Å². The average Bonchev–Trinajstić information content (AvgIpc) is 3.32. The lowest BCUT2D eigenvalue weighted by atomic mass is 9.82. The Labute approximate surface area is 175 Å². The molecule has 4 fully saturated rings. The van der Waals surface area contributed by atoms with Crippen molar-refractivity contribution in [2.24, 2.45) is 28.7 Å². The summed E-state index contributed by atoms with van der Waals surface area (Å²) < 4.78 is 0. The molecule has 3 aliphatic carbocycles. The van der Waals surface area contributed by atoms with E-state index in [2.05, 4.69) is 10.2 Å². The van der Waals surface area contributed by atoms with Crippen LogP contribution in [0.3, 0.4) is 0 Å². The fourth-order valence-electron chi connectivity index (χ4n) is 5.69. The average molecular weight is 474 g/mol. The van der Waals surface area contributed by atoms with E-state index >= 15 is 0 Å². The second-order valence-electron chi connectivity index (χ2n) is 9.06. The Kier molecular flexibility index (Phi) is 6.73. The van der Waals surface area contributed by atoms with Crippen molar-refractivity contribution in [3.05, 3.63) is 0 Å². The van der Waals surface area contributed by atoms with E-state index in [1.54, 1.807) is 4.90 Å². The number of hydrogen-bond donors (Lipinski definition) is 1. The van der Waals surface area contributed by atoms with Gasteiger partial charge in [0.05, 0.1) is 0 Å². The number of halogens is 1. The van der Waals surface area contributed by atoms with Gasteiger partial charge in [-0.2, -0.15) is 0 Å². The summed E-state index contributed by atoms with van der Waals surface area (Å²) in [7, 11) is 3.62. The number of hydrogen-bond acceptors (Lipinski definition) is 2. The van der Waals surface area contributed by atoms with Crippen LogP contribution < -0.4 is 5.32 Å². The molecule has 1 aliphatic heterocycles. The van der Waals surface area contributed by atoms with Crippen LogP contribution >= 0.6 is 24.0 Å². The number of guanidine groups is 1. The summed E-state index contributed by atoms with van der Waals surface area (Å²) in [5.74, 6) is 4.53. The molecule has 0 radical (unpaired) electrons. The summed E-state index contributed by atoms with van der Waals surface area (Å²) in [6.07, 6.45) is 11.0. The Balaban J connectivity index is 0.00000196. The van der Waals surface area contributed by atoms with E-state index in [0.717, 1.165) is 42.7 Å². The normalized spacial score (nSPS) is 35.8. The first-order chi connectivity index (χ1) is 12.1. The fraction of sp³-hybridized carbons (Fsp3) is 0.900. The second kappa shape index (κ2) is 8.65. The SMILES string of the molecule is CN(C)C(=O)CN=C(NC1CC2CCC1C2)N1CC2CCCCC2C1.I. The number of carbonyl (C=O) groups excluding carboxylic acids is 1. The van der Waals surface area contributed by atoms with Crippen molar-refractivity contribution in [2.75, 3.05) is 33.7 Å². The molecule has 0 aromatic carbocycles. The number of carbonyl (C=O) groups is 1. The fourth-order valence-corrected chi connectivity index (χ4v) is 5.69. The van der Waals surface area contributed by atoms with Crippen LogP contribution in [0.1, 0.15) is 51.4 Å². The first-order valence-corrected chi connectivity index (χ1v) is 10.4. The largest absolute Gasteiger partial charge is 0.353 e. The van der Waals surface area contributed by atoms with Crippen LogP contribution in [0, 0.1) is 23.7 Å². The van der Waals surface area contributed by atoms with E-state index in [-0.39, 0.29) is 36.4 Å². The van der Waals surface area contributed by atoms with Crippen molar-refractivity contribution in [2.45, 2.75) is 57.4 Å². The number of nitrogens with one attached hydrogen (secondary N) is 1. The molecular formula is C20H35IN4O. The minimum Gasteiger partial charge on any atom is -0.353 e. The number of likely N-dealkylation sites (tertiary alicyclic amines) is 1. The van der Waals surface area contributed by atoms with E-state index < -0.39 is 0 Å². The van der Waals surface area contributed by atoms with Crippen LogP contribution in [0.2, 0.25) is 0 Å². The summed E-state index contributed by atoms with van der Waals surface area (Å²) in [6.45, 7) is 2.53. The highest BCUT2D eigenvalue weighted by atomic mass is 127. The van der Waals surface area contributed by atoms with Crippen LogP contribution in [-0.2, 0) is 4.79 Å². The van der Waals surface area contributed by atoms with Gasteiger partial charge in [-0.15, -0.1) is 24.0 Å². The number of aliphatic imine (C=N–C) groups is 1. The molecule has 0 aromatic heterocycles. The Morgan fingerprint density at radius 2 is 1.73 bits per heavy atom. The Morgan fingerprint density at radius 3 is 2.27 bits per heavy atom. The molecule has 4 aliphatic rings. The van der Waals surface area contributed by atoms with E-state index in [0.29, 0.717) is 6.04 Å². The van der Waals surface area contributed by atoms with Crippen molar-refractivity contribution in [3.63, 3.8) is 0 Å². The van der Waals surface area contributed by atoms with Crippen LogP contribution in [-0.4, -0.2) is 61.4 Å². The lowest BCUT2D eigenvalue weighted by molar-refractivity contribution is -0.127. The van der Waals surface area contributed by atoms with Gasteiger partial charge in [-0.25, -0.2) is 4.99 Å². The van der Waals surface area contributed by atoms with Gasteiger partial charge in [0.25, 0.3) is 0 Å². The molecule has 5 atom stereocenters. The summed E-state index contributed by atoms with van der Waals surface area (Å²) in [5, 5.41) is 3.80. The predicted octanol–water partition coefficient (Wildman–Crippen LogP) is 2.95. The van der Waals surface area contributed by atoms with E-state index in [1.807, 2.05) is 14.1 Å². The zero-order valence-corrected chi connectivity index (χ0v) is 18.7. The second-order valence-corrected chi connectivity index (χ2v) is 9.06. The molecule has 0 aromatic rings. The zero-order chi connectivity index (χ0) is 17.4. The molecular weight excluding hydrogens is 439 g/mol. The highest BCUT2D eigenvalue weighted by Crippen LogP contribution is 2.44. The van der Waals surface area contributed by atoms with Crippen molar-refractivity contribution in [1.82, 2.24) is 15.1 Å². The van der Waals surface area contributed by atoms with Crippen LogP contribution in [0.5, 0.6) is 0 Å². The Morgan fingerprint density at radius 1 is 1.04 bits per heavy atom. The minimum absolute atomic E-state index is 0. The first kappa shape index (κ1) is 20.2. The predicted molar refractivity (Wildman–Crippen MR) is 116 cm³/mol. The molecule has 5 nitrogen and oxygen atoms in total. The summed E-state index contributed by atoms with van der Waals surface area (Å²) in [6, 6.07) is 0.578. The molecule has 3 saturated carbocycles. The van der Waals surface area contributed by atoms with E-state index in [1.165, 1.54) is 51.4 Å². The van der Waals surface area contributed by atoms with Gasteiger partial charge in [-0.1, -0.05) is 19.3 Å². The molecule has 1 saturated heterocycles. The molecule has 4 rings (SSSR count). The minimum atomic E-state index is 0. The number of rotatable bonds is 3. The number of amides is 1. The maximum Gasteiger partial charge on any atom is 0.243 e. The first-order valence-electron chi connectivity index (χ1n) is 10.4. The van der Waals surface area contributed by atoms with Gasteiger partial charge in [0.2, 0.25) is 5.91 Å². The quantitative estimate of drug-likeness (QED) is 0.389. The lowest BCUT2D eigenvalue weighted by Crippen LogP contribution is -2.47. The van der Waals surface area contributed by atoms with E-state index in [4.69, 9.17) is 4.99 Å². The number of nitrogens with zero attached hydrogens (tertiary/aromatic N) is 3. The van der Waals surface area contributed by atoms with Crippen molar-refractivity contribution in [1.29, 1.82) is 0 Å². The highest BCUT2D eigenvalue weighted by Gasteiger charge is 2.41. The van der Waals surface area contributed by atoms with Gasteiger partial charge < -0.3 is 15.1 Å². The van der Waals surface area contributed by atoms with Gasteiger partial charge in [0.1, 0.15) is 6.54 Å². The summed E-state index contributed by atoms with van der Waals surface area (Å²) >= 11 is 0. The smallest absolute Gasteiger partial charge is 0.243 e. The van der Waals surface area contributed by atoms with Crippen LogP contribution in [0.15, 0.2) is 4.99 Å². The molecule has 1 heterocycles. The Hall–Kier alpha value is -0.530. The molecule has 0 spiro atoms. The maximum absolute atomic E-state index is 12.1. The molecule has 6 heteroatoms. The monoisotopic (exact) mass is 474 g/mol. The van der Waals surface area contributed by atoms with E-state index in [9.17, 15) is 4.79 Å². The molecule has 1 N–H and O–H groups in total. The highest BCUT2D eigenvalue weighted by molar-refractivity contribution is 14.0. The van der Waals surface area contributed by atoms with Gasteiger partial charge in [-0.3, -0.25) is 4.79 Å². The van der Waals surface area contributed by atoms with Gasteiger partial charge in [-0.05, 0) is 55.8 Å². The number of likely N-dealkylation sites (N-methyl/N-ethyl adjacent to an activating group) is 1. The van der Waals surface area contributed by atoms with Crippen molar-refractivity contribution >= 4 is 35.8 Å². The summed E-state index contributed by atoms with van der Waals surface area (Å²) in [4.78, 5) is 20.9. The standard InChI is InChI=1S/C20H34N4O.HI/c1-23(2)19(25)11-21-20(22-18-10-14-7-8-15(18)9-14)24-12-16-5-3-4-6-17(16)13-24;/h14-18H,3-13H2,1-2H3,(H,21,22);1H. The van der Waals surface area contributed by atoms with Crippen molar-refractivity contribution < 1.29 is 4.79 Å². The molecule has 1 amide bonds. The Bertz CT molecular complexity index is 524. The van der Waals surface area contributed by atoms with Crippen LogP contribution in [0.25, 0.3) is 0 Å². The lowest BCUT2D eigenvalue weighted by Gasteiger charge is -2.29. The maximum atomic E-state index is 12.1. The van der Waals surface area contributed by atoms with Gasteiger partial charge in [0, 0.05) is 33.2 Å². The van der Waals surface area contributed by atoms with Gasteiger partial charge in [0.15, 0.2) is 5.96 Å². The third kappa shape index (κ3) is 4.30. The molecule has 2 bridgehead atoms. The third-order valence-corrected chi connectivity index (χ3v) is 7.19. The third-order valence-electron chi connectivity index (χ3n) is 7.19. The number of fused-ring (bicyclic) bond motifs is 3. The van der Waals surface area contributed by atoms with Crippen molar-refractivity contribution in [3.8, 4) is 0 Å². The topological polar surface area (TPSA) is 47.9 Å². The zero-order valence-electron chi connectivity index (χ0n) is 16.3.